The van der Waals surface area contributed by atoms with Crippen molar-refractivity contribution in [2.75, 3.05) is 39.8 Å². The molecule has 2 aromatic rings. The van der Waals surface area contributed by atoms with Gasteiger partial charge >= 0.3 is 0 Å². The van der Waals surface area contributed by atoms with Crippen LogP contribution in [0.3, 0.4) is 0 Å². The molecule has 0 aliphatic carbocycles. The fraction of sp³-hybridized carbons (Fsp3) is 0.522. The zero-order valence-electron chi connectivity index (χ0n) is 19.0. The van der Waals surface area contributed by atoms with Crippen molar-refractivity contribution in [2.45, 2.75) is 36.9 Å². The van der Waals surface area contributed by atoms with Crippen molar-refractivity contribution in [1.29, 1.82) is 0 Å². The maximum Gasteiger partial charge on any atom is 0.252 e. The minimum Gasteiger partial charge on any atom is -0.497 e. The smallest absolute Gasteiger partial charge is 0.252 e. The van der Waals surface area contributed by atoms with Gasteiger partial charge in [-0.05, 0) is 55.1 Å². The Bertz CT molecular complexity index is 975. The lowest BCUT2D eigenvalue weighted by molar-refractivity contribution is -0.126. The maximum absolute atomic E-state index is 13.0. The van der Waals surface area contributed by atoms with Gasteiger partial charge in [-0.15, -0.1) is 11.3 Å². The van der Waals surface area contributed by atoms with E-state index in [1.807, 2.05) is 24.3 Å². The van der Waals surface area contributed by atoms with Gasteiger partial charge in [0.1, 0.15) is 9.96 Å². The Hall–Kier alpha value is -1.94. The number of likely N-dealkylation sites (N-methyl/N-ethyl adjacent to an activating group) is 1. The fourth-order valence-corrected chi connectivity index (χ4v) is 6.89. The van der Waals surface area contributed by atoms with E-state index >= 15 is 0 Å². The predicted octanol–water partition coefficient (Wildman–Crippen LogP) is 3.36. The number of nitrogens with one attached hydrogen (secondary N) is 1. The van der Waals surface area contributed by atoms with E-state index in [-0.39, 0.29) is 24.4 Å². The van der Waals surface area contributed by atoms with Crippen molar-refractivity contribution in [3.63, 3.8) is 0 Å². The minimum absolute atomic E-state index is 0.0126. The molecule has 1 fully saturated rings. The highest BCUT2D eigenvalue weighted by molar-refractivity contribution is 7.91. The summed E-state index contributed by atoms with van der Waals surface area (Å²) in [5.74, 6) is 0.352. The summed E-state index contributed by atoms with van der Waals surface area (Å²) < 4.78 is 32.9. The Morgan fingerprint density at radius 3 is 2.72 bits per heavy atom. The standard InChI is InChI=1S/C23H33N3O4S2/c1-4-25(5-2)21(18-9-6-11-20(15-18)30-3)16-24-23(27)19-10-7-13-26(17-19)32(28,29)22-12-8-14-31-22/h6,8-9,11-12,14-15,19,21H,4-5,7,10,13,16-17H2,1-3H3,(H,24,27)/t19-,21-/m1/s1. The van der Waals surface area contributed by atoms with Gasteiger partial charge in [0.2, 0.25) is 5.91 Å². The molecule has 32 heavy (non-hydrogen) atoms. The van der Waals surface area contributed by atoms with E-state index in [9.17, 15) is 13.2 Å². The first-order chi connectivity index (χ1) is 15.4. The topological polar surface area (TPSA) is 79.0 Å². The zero-order chi connectivity index (χ0) is 23.1. The number of hydrogen-bond donors (Lipinski definition) is 1. The van der Waals surface area contributed by atoms with Crippen molar-refractivity contribution in [1.82, 2.24) is 14.5 Å². The molecule has 0 radical (unpaired) electrons. The molecule has 0 unspecified atom stereocenters. The molecule has 1 saturated heterocycles. The van der Waals surface area contributed by atoms with Gasteiger partial charge in [-0.3, -0.25) is 9.69 Å². The molecule has 9 heteroatoms. The second-order valence-corrected chi connectivity index (χ2v) is 11.0. The Balaban J connectivity index is 1.69. The molecule has 0 saturated carbocycles. The molecular weight excluding hydrogens is 446 g/mol. The number of thiophene rings is 1. The van der Waals surface area contributed by atoms with Crippen LogP contribution >= 0.6 is 11.3 Å². The average molecular weight is 480 g/mol. The van der Waals surface area contributed by atoms with Crippen LogP contribution in [0.15, 0.2) is 46.0 Å². The number of sulfonamides is 1. The van der Waals surface area contributed by atoms with Crippen LogP contribution < -0.4 is 10.1 Å². The molecule has 1 aliphatic heterocycles. The van der Waals surface area contributed by atoms with Crippen molar-refractivity contribution in [2.24, 2.45) is 5.92 Å². The van der Waals surface area contributed by atoms with Crippen LogP contribution in [0.25, 0.3) is 0 Å². The van der Waals surface area contributed by atoms with Crippen molar-refractivity contribution >= 4 is 27.3 Å². The van der Waals surface area contributed by atoms with E-state index in [2.05, 4.69) is 24.1 Å². The molecule has 1 aromatic carbocycles. The molecule has 2 atom stereocenters. The van der Waals surface area contributed by atoms with Crippen LogP contribution in [-0.2, 0) is 14.8 Å². The molecule has 0 bridgehead atoms. The Kier molecular flexibility index (Phi) is 8.70. The third-order valence-corrected chi connectivity index (χ3v) is 9.28. The molecule has 1 aliphatic rings. The summed E-state index contributed by atoms with van der Waals surface area (Å²) in [5, 5.41) is 4.86. The summed E-state index contributed by atoms with van der Waals surface area (Å²) in [4.78, 5) is 15.3. The average Bonchev–Trinajstić information content (AvgIpc) is 3.38. The number of ether oxygens (including phenoxy) is 1. The minimum atomic E-state index is -3.54. The largest absolute Gasteiger partial charge is 0.497 e. The first kappa shape index (κ1) is 24.7. The molecule has 3 rings (SSSR count). The number of rotatable bonds is 10. The number of carbonyl (C=O) groups excluding carboxylic acids is 1. The van der Waals surface area contributed by atoms with Gasteiger partial charge in [0.15, 0.2) is 0 Å². The van der Waals surface area contributed by atoms with Crippen LogP contribution in [0.1, 0.15) is 38.3 Å². The molecule has 1 aromatic heterocycles. The van der Waals surface area contributed by atoms with Gasteiger partial charge in [0.05, 0.1) is 19.1 Å². The molecule has 176 valence electrons. The molecular formula is C23H33N3O4S2. The quantitative estimate of drug-likeness (QED) is 0.565. The van der Waals surface area contributed by atoms with Gasteiger partial charge < -0.3 is 10.1 Å². The first-order valence-corrected chi connectivity index (χ1v) is 13.4. The second-order valence-electron chi connectivity index (χ2n) is 7.89. The Morgan fingerprint density at radius 2 is 2.06 bits per heavy atom. The van der Waals surface area contributed by atoms with Gasteiger partial charge in [-0.25, -0.2) is 8.42 Å². The molecule has 7 nitrogen and oxygen atoms in total. The molecule has 2 heterocycles. The summed E-state index contributed by atoms with van der Waals surface area (Å²) in [6.45, 7) is 7.05. The lowest BCUT2D eigenvalue weighted by Gasteiger charge is -2.33. The summed E-state index contributed by atoms with van der Waals surface area (Å²) in [6, 6.07) is 11.3. The lowest BCUT2D eigenvalue weighted by atomic mass is 9.98. The SMILES string of the molecule is CCN(CC)[C@H](CNC(=O)[C@@H]1CCCN(S(=O)(=O)c2cccs2)C1)c1cccc(OC)c1. The van der Waals surface area contributed by atoms with Crippen LogP contribution in [0.5, 0.6) is 5.75 Å². The predicted molar refractivity (Wildman–Crippen MR) is 127 cm³/mol. The van der Waals surface area contributed by atoms with Crippen LogP contribution in [-0.4, -0.2) is 63.4 Å². The zero-order valence-corrected chi connectivity index (χ0v) is 20.6. The monoisotopic (exact) mass is 479 g/mol. The number of methoxy groups -OCH3 is 1. The third kappa shape index (κ3) is 5.70. The van der Waals surface area contributed by atoms with Crippen LogP contribution in [0.4, 0.5) is 0 Å². The van der Waals surface area contributed by atoms with Crippen LogP contribution in [0, 0.1) is 5.92 Å². The number of benzene rings is 1. The normalized spacial score (nSPS) is 18.4. The van der Waals surface area contributed by atoms with Crippen molar-refractivity contribution in [3.05, 3.63) is 47.3 Å². The number of nitrogens with zero attached hydrogens (tertiary/aromatic N) is 2. The maximum atomic E-state index is 13.0. The third-order valence-electron chi connectivity index (χ3n) is 6.05. The van der Waals surface area contributed by atoms with Crippen LogP contribution in [0.2, 0.25) is 0 Å². The van der Waals surface area contributed by atoms with E-state index in [1.165, 1.54) is 15.6 Å². The van der Waals surface area contributed by atoms with E-state index in [4.69, 9.17) is 4.74 Å². The van der Waals surface area contributed by atoms with Gasteiger partial charge in [0.25, 0.3) is 10.0 Å². The second kappa shape index (κ2) is 11.3. The molecule has 0 spiro atoms. The number of hydrogen-bond acceptors (Lipinski definition) is 6. The Morgan fingerprint density at radius 1 is 1.28 bits per heavy atom. The summed E-state index contributed by atoms with van der Waals surface area (Å²) in [5.41, 5.74) is 1.08. The van der Waals surface area contributed by atoms with E-state index < -0.39 is 10.0 Å². The van der Waals surface area contributed by atoms with Crippen molar-refractivity contribution < 1.29 is 17.9 Å². The molecule has 1 amide bonds. The summed E-state index contributed by atoms with van der Waals surface area (Å²) in [7, 11) is -1.89. The highest BCUT2D eigenvalue weighted by Crippen LogP contribution is 2.27. The van der Waals surface area contributed by atoms with Crippen molar-refractivity contribution in [3.8, 4) is 5.75 Å². The van der Waals surface area contributed by atoms with E-state index in [1.54, 1.807) is 24.6 Å². The van der Waals surface area contributed by atoms with Gasteiger partial charge in [-0.2, -0.15) is 4.31 Å². The highest BCUT2D eigenvalue weighted by Gasteiger charge is 2.34. The van der Waals surface area contributed by atoms with Gasteiger partial charge in [0, 0.05) is 19.6 Å². The Labute approximate surface area is 195 Å². The van der Waals surface area contributed by atoms with E-state index in [0.29, 0.717) is 30.1 Å². The first-order valence-electron chi connectivity index (χ1n) is 11.1. The molecule has 1 N–H and O–H groups in total. The summed E-state index contributed by atoms with van der Waals surface area (Å²) >= 11 is 1.21. The number of carbonyl (C=O) groups is 1. The van der Waals surface area contributed by atoms with Gasteiger partial charge in [-0.1, -0.05) is 32.0 Å². The number of amides is 1. The van der Waals surface area contributed by atoms with E-state index in [0.717, 1.165) is 24.4 Å². The highest BCUT2D eigenvalue weighted by atomic mass is 32.2. The fourth-order valence-electron chi connectivity index (χ4n) is 4.22. The summed E-state index contributed by atoms with van der Waals surface area (Å²) in [6.07, 6.45) is 1.37. The lowest BCUT2D eigenvalue weighted by Crippen LogP contribution is -2.47. The number of piperidine rings is 1.